The number of nitrogens with one attached hydrogen (secondary N) is 1. The predicted octanol–water partition coefficient (Wildman–Crippen LogP) is 2.56. The molecular weight excluding hydrogens is 280 g/mol. The van der Waals surface area contributed by atoms with E-state index in [0.29, 0.717) is 23.6 Å². The molecule has 1 unspecified atom stereocenters. The molecule has 0 saturated heterocycles. The number of aromatic amines is 1. The molecule has 0 fully saturated rings. The van der Waals surface area contributed by atoms with Crippen LogP contribution in [0.25, 0.3) is 0 Å². The number of hydrogen-bond acceptors (Lipinski definition) is 4. The Morgan fingerprint density at radius 2 is 2.20 bits per heavy atom. The van der Waals surface area contributed by atoms with Crippen LogP contribution in [0.4, 0.5) is 0 Å². The molecule has 5 nitrogen and oxygen atoms in total. The first-order valence-electron chi connectivity index (χ1n) is 6.18. The summed E-state index contributed by atoms with van der Waals surface area (Å²) in [5.74, 6) is 0.00301. The lowest BCUT2D eigenvalue weighted by atomic mass is 10.0. The smallest absolute Gasteiger partial charge is 0.205 e. The zero-order chi connectivity index (χ0) is 13.5. The highest BCUT2D eigenvalue weighted by molar-refractivity contribution is 5.85. The molecule has 0 bridgehead atoms. The SMILES string of the molecule is CC1(C)OCc2cccc(C(O)c3c[nH]cn3)c2O1.Cl. The second-order valence-corrected chi connectivity index (χ2v) is 5.02. The first-order chi connectivity index (χ1) is 9.07. The van der Waals surface area contributed by atoms with Gasteiger partial charge in [-0.05, 0) is 0 Å². The lowest BCUT2D eigenvalue weighted by molar-refractivity contribution is -0.180. The Hall–Kier alpha value is -1.56. The summed E-state index contributed by atoms with van der Waals surface area (Å²) in [5.41, 5.74) is 2.22. The van der Waals surface area contributed by atoms with Crippen molar-refractivity contribution in [2.75, 3.05) is 0 Å². The van der Waals surface area contributed by atoms with Gasteiger partial charge in [-0.3, -0.25) is 0 Å². The number of aliphatic hydroxyl groups is 1. The summed E-state index contributed by atoms with van der Waals surface area (Å²) in [4.78, 5) is 6.93. The molecule has 3 rings (SSSR count). The number of halogens is 1. The molecule has 1 aliphatic rings. The molecule has 6 heteroatoms. The van der Waals surface area contributed by atoms with E-state index in [-0.39, 0.29) is 12.4 Å². The first-order valence-corrected chi connectivity index (χ1v) is 6.18. The lowest BCUT2D eigenvalue weighted by Gasteiger charge is -2.34. The van der Waals surface area contributed by atoms with E-state index in [1.165, 1.54) is 0 Å². The minimum atomic E-state index is -0.810. The van der Waals surface area contributed by atoms with E-state index in [9.17, 15) is 5.11 Å². The molecule has 2 heterocycles. The minimum Gasteiger partial charge on any atom is -0.462 e. The molecule has 108 valence electrons. The molecule has 2 N–H and O–H groups in total. The summed E-state index contributed by atoms with van der Waals surface area (Å²) in [7, 11) is 0. The van der Waals surface area contributed by atoms with E-state index in [0.717, 1.165) is 5.56 Å². The average molecular weight is 297 g/mol. The van der Waals surface area contributed by atoms with Gasteiger partial charge in [0.1, 0.15) is 11.9 Å². The summed E-state index contributed by atoms with van der Waals surface area (Å²) in [6, 6.07) is 5.67. The van der Waals surface area contributed by atoms with Crippen LogP contribution in [0.3, 0.4) is 0 Å². The molecule has 1 atom stereocenters. The number of benzene rings is 1. The third-order valence-electron chi connectivity index (χ3n) is 3.14. The van der Waals surface area contributed by atoms with Gasteiger partial charge in [-0.15, -0.1) is 12.4 Å². The molecule has 2 aromatic rings. The van der Waals surface area contributed by atoms with Crippen LogP contribution in [0.1, 0.15) is 36.8 Å². The van der Waals surface area contributed by atoms with Crippen molar-refractivity contribution in [3.63, 3.8) is 0 Å². The monoisotopic (exact) mass is 296 g/mol. The number of H-pyrrole nitrogens is 1. The first kappa shape index (κ1) is 14.8. The zero-order valence-corrected chi connectivity index (χ0v) is 12.1. The van der Waals surface area contributed by atoms with Crippen LogP contribution < -0.4 is 4.74 Å². The van der Waals surface area contributed by atoms with Gasteiger partial charge in [0.05, 0.1) is 18.6 Å². The van der Waals surface area contributed by atoms with Crippen molar-refractivity contribution in [3.8, 4) is 5.75 Å². The number of rotatable bonds is 2. The second kappa shape index (κ2) is 5.44. The van der Waals surface area contributed by atoms with Crippen LogP contribution in [0.15, 0.2) is 30.7 Å². The van der Waals surface area contributed by atoms with Gasteiger partial charge in [0.15, 0.2) is 0 Å². The highest BCUT2D eigenvalue weighted by Crippen LogP contribution is 2.38. The largest absolute Gasteiger partial charge is 0.462 e. The van der Waals surface area contributed by atoms with Crippen LogP contribution in [-0.4, -0.2) is 20.9 Å². The van der Waals surface area contributed by atoms with Crippen molar-refractivity contribution in [3.05, 3.63) is 47.5 Å². The van der Waals surface area contributed by atoms with Gasteiger partial charge in [0.25, 0.3) is 0 Å². The Balaban J connectivity index is 0.00000147. The number of nitrogens with zero attached hydrogens (tertiary/aromatic N) is 1. The second-order valence-electron chi connectivity index (χ2n) is 5.02. The topological polar surface area (TPSA) is 67.4 Å². The lowest BCUT2D eigenvalue weighted by Crippen LogP contribution is -2.36. The molecular formula is C14H17ClN2O3. The van der Waals surface area contributed by atoms with Gasteiger partial charge < -0.3 is 19.6 Å². The summed E-state index contributed by atoms with van der Waals surface area (Å²) < 4.78 is 11.4. The fourth-order valence-electron chi connectivity index (χ4n) is 2.17. The van der Waals surface area contributed by atoms with Crippen LogP contribution >= 0.6 is 12.4 Å². The molecule has 0 radical (unpaired) electrons. The maximum absolute atomic E-state index is 10.4. The predicted molar refractivity (Wildman–Crippen MR) is 75.8 cm³/mol. The van der Waals surface area contributed by atoms with Gasteiger partial charge in [0, 0.05) is 31.2 Å². The number of aliphatic hydroxyl groups excluding tert-OH is 1. The van der Waals surface area contributed by atoms with E-state index in [2.05, 4.69) is 9.97 Å². The number of ether oxygens (including phenoxy) is 2. The number of fused-ring (bicyclic) bond motifs is 1. The molecule has 1 aromatic carbocycles. The number of hydrogen-bond donors (Lipinski definition) is 2. The van der Waals surface area contributed by atoms with Crippen molar-refractivity contribution in [1.29, 1.82) is 0 Å². The van der Waals surface area contributed by atoms with Crippen LogP contribution in [0, 0.1) is 0 Å². The molecule has 1 aliphatic heterocycles. The highest BCUT2D eigenvalue weighted by Gasteiger charge is 2.31. The van der Waals surface area contributed by atoms with Crippen molar-refractivity contribution in [1.82, 2.24) is 9.97 Å². The Morgan fingerprint density at radius 3 is 2.90 bits per heavy atom. The Labute approximate surface area is 123 Å². The normalized spacial score (nSPS) is 17.6. The third kappa shape index (κ3) is 2.65. The zero-order valence-electron chi connectivity index (χ0n) is 11.3. The third-order valence-corrected chi connectivity index (χ3v) is 3.14. The average Bonchev–Trinajstić information content (AvgIpc) is 2.90. The fraction of sp³-hybridized carbons (Fsp3) is 0.357. The van der Waals surface area contributed by atoms with Crippen molar-refractivity contribution < 1.29 is 14.6 Å². The van der Waals surface area contributed by atoms with Crippen molar-refractivity contribution in [2.24, 2.45) is 0 Å². The van der Waals surface area contributed by atoms with Gasteiger partial charge in [-0.1, -0.05) is 18.2 Å². The van der Waals surface area contributed by atoms with Crippen LogP contribution in [0.5, 0.6) is 5.75 Å². The van der Waals surface area contributed by atoms with E-state index >= 15 is 0 Å². The number of aromatic nitrogens is 2. The summed E-state index contributed by atoms with van der Waals surface area (Å²) in [6.45, 7) is 4.19. The van der Waals surface area contributed by atoms with E-state index < -0.39 is 11.9 Å². The number of imidazole rings is 1. The molecule has 20 heavy (non-hydrogen) atoms. The fourth-order valence-corrected chi connectivity index (χ4v) is 2.17. The molecule has 0 spiro atoms. The van der Waals surface area contributed by atoms with Gasteiger partial charge in [-0.2, -0.15) is 0 Å². The molecule has 0 saturated carbocycles. The van der Waals surface area contributed by atoms with Gasteiger partial charge >= 0.3 is 0 Å². The maximum atomic E-state index is 10.4. The quantitative estimate of drug-likeness (QED) is 0.894. The van der Waals surface area contributed by atoms with Crippen molar-refractivity contribution in [2.45, 2.75) is 32.3 Å². The Kier molecular flexibility index (Phi) is 4.04. The Morgan fingerprint density at radius 1 is 1.40 bits per heavy atom. The highest BCUT2D eigenvalue weighted by atomic mass is 35.5. The molecule has 0 amide bonds. The van der Waals surface area contributed by atoms with E-state index in [1.807, 2.05) is 32.0 Å². The van der Waals surface area contributed by atoms with Crippen molar-refractivity contribution >= 4 is 12.4 Å². The molecule has 1 aromatic heterocycles. The summed E-state index contributed by atoms with van der Waals surface area (Å²) in [6.07, 6.45) is 2.41. The van der Waals surface area contributed by atoms with E-state index in [1.54, 1.807) is 12.5 Å². The summed E-state index contributed by atoms with van der Waals surface area (Å²) >= 11 is 0. The standard InChI is InChI=1S/C14H16N2O3.ClH/c1-14(2)18-7-9-4-3-5-10(13(9)19-14)12(17)11-6-15-8-16-11;/h3-6,8,12,17H,7H2,1-2H3,(H,15,16);1H. The Bertz CT molecular complexity index is 584. The van der Waals surface area contributed by atoms with Gasteiger partial charge in [0.2, 0.25) is 5.79 Å². The number of para-hydroxylation sites is 1. The maximum Gasteiger partial charge on any atom is 0.205 e. The van der Waals surface area contributed by atoms with Crippen LogP contribution in [0.2, 0.25) is 0 Å². The molecule has 0 aliphatic carbocycles. The summed E-state index contributed by atoms with van der Waals surface area (Å²) in [5, 5.41) is 10.4. The van der Waals surface area contributed by atoms with Crippen LogP contribution in [-0.2, 0) is 11.3 Å². The van der Waals surface area contributed by atoms with E-state index in [4.69, 9.17) is 9.47 Å². The van der Waals surface area contributed by atoms with Gasteiger partial charge in [-0.25, -0.2) is 4.98 Å². The minimum absolute atomic E-state index is 0.